The number of halogens is 1. The molecule has 1 aromatic heterocycles. The Balaban J connectivity index is 2.26. The van der Waals surface area contributed by atoms with Crippen LogP contribution in [0.3, 0.4) is 0 Å². The van der Waals surface area contributed by atoms with Crippen molar-refractivity contribution < 1.29 is 9.47 Å². The average Bonchev–Trinajstić information content (AvgIpc) is 2.80. The van der Waals surface area contributed by atoms with E-state index >= 15 is 0 Å². The van der Waals surface area contributed by atoms with Gasteiger partial charge in [0.2, 0.25) is 0 Å². The van der Waals surface area contributed by atoms with E-state index in [0.29, 0.717) is 0 Å². The molecule has 1 aromatic rings. The number of ether oxygens (including phenoxy) is 2. The number of methoxy groups -OCH3 is 1. The van der Waals surface area contributed by atoms with Crippen LogP contribution in [0.4, 0.5) is 0 Å². The maximum Gasteiger partial charge on any atom is 0.0878 e. The zero-order valence-corrected chi connectivity index (χ0v) is 15.0. The number of likely N-dealkylation sites (N-methyl/N-ethyl adjacent to an activating group) is 1. The second-order valence-electron chi connectivity index (χ2n) is 5.59. The van der Waals surface area contributed by atoms with Crippen LogP contribution >= 0.6 is 15.9 Å². The van der Waals surface area contributed by atoms with Gasteiger partial charge in [-0.2, -0.15) is 5.10 Å². The third-order valence-electron chi connectivity index (χ3n) is 4.58. The Morgan fingerprint density at radius 1 is 1.48 bits per heavy atom. The van der Waals surface area contributed by atoms with Crippen LogP contribution in [0.5, 0.6) is 0 Å². The lowest BCUT2D eigenvalue weighted by Gasteiger charge is -2.42. The third kappa shape index (κ3) is 3.33. The first-order valence-electron chi connectivity index (χ1n) is 7.60. The number of rotatable bonds is 6. The van der Waals surface area contributed by atoms with Gasteiger partial charge < -0.3 is 14.8 Å². The SMILES string of the molecule is CCn1nc(C)c(Br)c1CC(NC)C1(OC)CCOCC1. The molecule has 2 heterocycles. The van der Waals surface area contributed by atoms with Crippen molar-refractivity contribution in [2.75, 3.05) is 27.4 Å². The Hall–Kier alpha value is -0.430. The van der Waals surface area contributed by atoms with E-state index in [4.69, 9.17) is 9.47 Å². The highest BCUT2D eigenvalue weighted by molar-refractivity contribution is 9.10. The molecule has 0 spiro atoms. The Labute approximate surface area is 135 Å². The van der Waals surface area contributed by atoms with E-state index in [1.165, 1.54) is 5.69 Å². The molecule has 6 heteroatoms. The molecular weight excluding hydrogens is 334 g/mol. The zero-order chi connectivity index (χ0) is 15.5. The lowest BCUT2D eigenvalue weighted by Crippen LogP contribution is -2.55. The summed E-state index contributed by atoms with van der Waals surface area (Å²) in [6.07, 6.45) is 2.73. The Bertz CT molecular complexity index is 470. The second-order valence-corrected chi connectivity index (χ2v) is 6.38. The number of aryl methyl sites for hydroxylation is 2. The highest BCUT2D eigenvalue weighted by Gasteiger charge is 2.40. The smallest absolute Gasteiger partial charge is 0.0878 e. The number of nitrogens with one attached hydrogen (secondary N) is 1. The molecule has 1 N–H and O–H groups in total. The summed E-state index contributed by atoms with van der Waals surface area (Å²) >= 11 is 3.69. The van der Waals surface area contributed by atoms with Gasteiger partial charge in [0.25, 0.3) is 0 Å². The summed E-state index contributed by atoms with van der Waals surface area (Å²) in [6.45, 7) is 6.56. The van der Waals surface area contributed by atoms with Crippen molar-refractivity contribution in [2.45, 2.75) is 51.3 Å². The summed E-state index contributed by atoms with van der Waals surface area (Å²) in [5, 5.41) is 8.04. The van der Waals surface area contributed by atoms with Gasteiger partial charge in [-0.1, -0.05) is 0 Å². The molecule has 21 heavy (non-hydrogen) atoms. The first kappa shape index (κ1) is 16.9. The molecule has 1 fully saturated rings. The summed E-state index contributed by atoms with van der Waals surface area (Å²) < 4.78 is 14.6. The Morgan fingerprint density at radius 3 is 2.67 bits per heavy atom. The van der Waals surface area contributed by atoms with E-state index in [0.717, 1.165) is 49.2 Å². The van der Waals surface area contributed by atoms with Gasteiger partial charge >= 0.3 is 0 Å². The summed E-state index contributed by atoms with van der Waals surface area (Å²) in [7, 11) is 3.82. The minimum Gasteiger partial charge on any atom is -0.381 e. The minimum atomic E-state index is -0.164. The highest BCUT2D eigenvalue weighted by atomic mass is 79.9. The summed E-state index contributed by atoms with van der Waals surface area (Å²) in [5.41, 5.74) is 2.11. The molecule has 0 aliphatic carbocycles. The van der Waals surface area contributed by atoms with Gasteiger partial charge in [0, 0.05) is 52.2 Å². The van der Waals surface area contributed by atoms with Gasteiger partial charge in [-0.3, -0.25) is 4.68 Å². The lowest BCUT2D eigenvalue weighted by atomic mass is 9.83. The van der Waals surface area contributed by atoms with Crippen LogP contribution in [-0.4, -0.2) is 48.8 Å². The quantitative estimate of drug-likeness (QED) is 0.846. The van der Waals surface area contributed by atoms with Crippen molar-refractivity contribution in [3.8, 4) is 0 Å². The fourth-order valence-electron chi connectivity index (χ4n) is 3.22. The van der Waals surface area contributed by atoms with Crippen LogP contribution in [0.1, 0.15) is 31.2 Å². The number of hydrogen-bond donors (Lipinski definition) is 1. The highest BCUT2D eigenvalue weighted by Crippen LogP contribution is 2.32. The number of aromatic nitrogens is 2. The van der Waals surface area contributed by atoms with E-state index < -0.39 is 0 Å². The minimum absolute atomic E-state index is 0.164. The van der Waals surface area contributed by atoms with Crippen LogP contribution < -0.4 is 5.32 Å². The molecule has 0 bridgehead atoms. The zero-order valence-electron chi connectivity index (χ0n) is 13.4. The normalized spacial score (nSPS) is 19.7. The Morgan fingerprint density at radius 2 is 2.14 bits per heavy atom. The summed E-state index contributed by atoms with van der Waals surface area (Å²) in [5.74, 6) is 0. The second kappa shape index (κ2) is 7.22. The van der Waals surface area contributed by atoms with Crippen molar-refractivity contribution in [3.05, 3.63) is 15.9 Å². The Kier molecular flexibility index (Phi) is 5.82. The van der Waals surface area contributed by atoms with Gasteiger partial charge in [0.1, 0.15) is 0 Å². The fraction of sp³-hybridized carbons (Fsp3) is 0.800. The van der Waals surface area contributed by atoms with Crippen molar-refractivity contribution in [1.29, 1.82) is 0 Å². The average molecular weight is 360 g/mol. The molecule has 5 nitrogen and oxygen atoms in total. The van der Waals surface area contributed by atoms with Gasteiger partial charge in [0.05, 0.1) is 21.5 Å². The van der Waals surface area contributed by atoms with Crippen LogP contribution in [0, 0.1) is 6.92 Å². The van der Waals surface area contributed by atoms with Crippen molar-refractivity contribution in [3.63, 3.8) is 0 Å². The molecule has 1 aliphatic rings. The van der Waals surface area contributed by atoms with Gasteiger partial charge in [-0.15, -0.1) is 0 Å². The van der Waals surface area contributed by atoms with E-state index in [2.05, 4.69) is 38.0 Å². The van der Waals surface area contributed by atoms with E-state index in [1.807, 2.05) is 21.1 Å². The molecule has 1 saturated heterocycles. The lowest BCUT2D eigenvalue weighted by molar-refractivity contribution is -0.109. The van der Waals surface area contributed by atoms with Gasteiger partial charge in [-0.25, -0.2) is 0 Å². The predicted molar refractivity (Wildman–Crippen MR) is 86.7 cm³/mol. The molecular formula is C15H26BrN3O2. The van der Waals surface area contributed by atoms with Gasteiger partial charge in [-0.05, 0) is 36.8 Å². The summed E-state index contributed by atoms with van der Waals surface area (Å²) in [6, 6.07) is 0.240. The molecule has 0 radical (unpaired) electrons. The molecule has 1 aliphatic heterocycles. The third-order valence-corrected chi connectivity index (χ3v) is 5.61. The molecule has 0 saturated carbocycles. The number of hydrogen-bond acceptors (Lipinski definition) is 4. The predicted octanol–water partition coefficient (Wildman–Crippen LogP) is 2.30. The molecule has 1 atom stereocenters. The molecule has 0 amide bonds. The van der Waals surface area contributed by atoms with Crippen molar-refractivity contribution in [2.24, 2.45) is 0 Å². The van der Waals surface area contributed by atoms with Crippen LogP contribution in [0.25, 0.3) is 0 Å². The van der Waals surface area contributed by atoms with E-state index in [1.54, 1.807) is 0 Å². The van der Waals surface area contributed by atoms with Crippen LogP contribution in [0.2, 0.25) is 0 Å². The maximum absolute atomic E-state index is 5.94. The molecule has 1 unspecified atom stereocenters. The van der Waals surface area contributed by atoms with Crippen LogP contribution in [-0.2, 0) is 22.4 Å². The van der Waals surface area contributed by atoms with Crippen molar-refractivity contribution >= 4 is 15.9 Å². The monoisotopic (exact) mass is 359 g/mol. The van der Waals surface area contributed by atoms with Gasteiger partial charge in [0.15, 0.2) is 0 Å². The van der Waals surface area contributed by atoms with Crippen LogP contribution in [0.15, 0.2) is 4.47 Å². The first-order valence-corrected chi connectivity index (χ1v) is 8.39. The first-order chi connectivity index (χ1) is 10.1. The fourth-order valence-corrected chi connectivity index (χ4v) is 3.67. The molecule has 0 aromatic carbocycles. The number of nitrogens with zero attached hydrogens (tertiary/aromatic N) is 2. The standard InChI is InChI=1S/C15H26BrN3O2/c1-5-19-12(14(16)11(2)18-19)10-13(17-3)15(20-4)6-8-21-9-7-15/h13,17H,5-10H2,1-4H3. The topological polar surface area (TPSA) is 48.3 Å². The maximum atomic E-state index is 5.94. The van der Waals surface area contributed by atoms with E-state index in [9.17, 15) is 0 Å². The molecule has 2 rings (SSSR count). The summed E-state index contributed by atoms with van der Waals surface area (Å²) in [4.78, 5) is 0. The van der Waals surface area contributed by atoms with Crippen molar-refractivity contribution in [1.82, 2.24) is 15.1 Å². The largest absolute Gasteiger partial charge is 0.381 e. The molecule has 120 valence electrons. The van der Waals surface area contributed by atoms with E-state index in [-0.39, 0.29) is 11.6 Å².